The zero-order valence-electron chi connectivity index (χ0n) is 20.2. The summed E-state index contributed by atoms with van der Waals surface area (Å²) >= 11 is 0. The summed E-state index contributed by atoms with van der Waals surface area (Å²) in [5.41, 5.74) is 10.9. The van der Waals surface area contributed by atoms with Crippen LogP contribution in [0.2, 0.25) is 0 Å². The molecule has 1 amide bonds. The van der Waals surface area contributed by atoms with Crippen LogP contribution in [-0.4, -0.2) is 21.7 Å². The van der Waals surface area contributed by atoms with Crippen molar-refractivity contribution in [2.24, 2.45) is 5.73 Å². The molecule has 6 heteroatoms. The van der Waals surface area contributed by atoms with Gasteiger partial charge in [-0.2, -0.15) is 5.10 Å². The molecule has 0 aliphatic rings. The molecule has 1 aromatic heterocycles. The fourth-order valence-electron chi connectivity index (χ4n) is 4.49. The van der Waals surface area contributed by atoms with Crippen LogP contribution in [0.15, 0.2) is 122 Å². The molecular formula is C31H27FN4O. The quantitative estimate of drug-likeness (QED) is 0.287. The SMILES string of the molecule is NC(C(=O)Nc1ccc(-c2cnn(Cc3ccccc3)c2)c(F)c1)C(c1ccccc1)c1ccccc1. The average Bonchev–Trinajstić information content (AvgIpc) is 3.38. The summed E-state index contributed by atoms with van der Waals surface area (Å²) in [5, 5.41) is 7.16. The van der Waals surface area contributed by atoms with E-state index >= 15 is 4.39 Å². The van der Waals surface area contributed by atoms with Gasteiger partial charge in [0.05, 0.1) is 18.8 Å². The van der Waals surface area contributed by atoms with Crippen molar-refractivity contribution in [2.75, 3.05) is 5.32 Å². The first-order valence-electron chi connectivity index (χ1n) is 12.1. The molecule has 3 N–H and O–H groups in total. The number of carbonyl (C=O) groups excluding carboxylic acids is 1. The molecule has 0 bridgehead atoms. The van der Waals surface area contributed by atoms with E-state index in [2.05, 4.69) is 10.4 Å². The normalized spacial score (nSPS) is 11.9. The van der Waals surface area contributed by atoms with Crippen molar-refractivity contribution in [2.45, 2.75) is 18.5 Å². The Hall–Kier alpha value is -4.55. The van der Waals surface area contributed by atoms with Crippen LogP contribution in [0.1, 0.15) is 22.6 Å². The third-order valence-electron chi connectivity index (χ3n) is 6.35. The highest BCUT2D eigenvalue weighted by molar-refractivity contribution is 5.96. The van der Waals surface area contributed by atoms with Crippen molar-refractivity contribution in [3.8, 4) is 11.1 Å². The van der Waals surface area contributed by atoms with Gasteiger partial charge in [-0.05, 0) is 34.9 Å². The van der Waals surface area contributed by atoms with E-state index in [9.17, 15) is 4.79 Å². The van der Waals surface area contributed by atoms with Gasteiger partial charge in [0, 0.05) is 28.9 Å². The van der Waals surface area contributed by atoms with Gasteiger partial charge in [0.1, 0.15) is 5.82 Å². The van der Waals surface area contributed by atoms with Crippen LogP contribution < -0.4 is 11.1 Å². The minimum atomic E-state index is -0.872. The van der Waals surface area contributed by atoms with Crippen molar-refractivity contribution in [1.82, 2.24) is 9.78 Å². The maximum absolute atomic E-state index is 15.1. The van der Waals surface area contributed by atoms with Gasteiger partial charge >= 0.3 is 0 Å². The van der Waals surface area contributed by atoms with Gasteiger partial charge in [0.15, 0.2) is 0 Å². The molecule has 0 aliphatic carbocycles. The molecule has 5 rings (SSSR count). The van der Waals surface area contributed by atoms with Crippen molar-refractivity contribution in [3.05, 3.63) is 144 Å². The number of hydrogen-bond acceptors (Lipinski definition) is 3. The highest BCUT2D eigenvalue weighted by atomic mass is 19.1. The van der Waals surface area contributed by atoms with Crippen LogP contribution in [-0.2, 0) is 11.3 Å². The number of carbonyl (C=O) groups is 1. The van der Waals surface area contributed by atoms with Gasteiger partial charge in [0.25, 0.3) is 0 Å². The number of halogens is 1. The van der Waals surface area contributed by atoms with Crippen molar-refractivity contribution >= 4 is 11.6 Å². The Bertz CT molecular complexity index is 1430. The number of nitrogens with one attached hydrogen (secondary N) is 1. The molecule has 0 radical (unpaired) electrons. The number of hydrogen-bond donors (Lipinski definition) is 2. The summed E-state index contributed by atoms with van der Waals surface area (Å²) in [7, 11) is 0. The van der Waals surface area contributed by atoms with E-state index in [0.29, 0.717) is 23.4 Å². The van der Waals surface area contributed by atoms with Gasteiger partial charge in [-0.1, -0.05) is 91.0 Å². The van der Waals surface area contributed by atoms with Crippen LogP contribution >= 0.6 is 0 Å². The Balaban J connectivity index is 1.32. The molecule has 37 heavy (non-hydrogen) atoms. The highest BCUT2D eigenvalue weighted by Crippen LogP contribution is 2.29. The lowest BCUT2D eigenvalue weighted by molar-refractivity contribution is -0.117. The third-order valence-corrected chi connectivity index (χ3v) is 6.35. The smallest absolute Gasteiger partial charge is 0.242 e. The van der Waals surface area contributed by atoms with Crippen LogP contribution in [0.4, 0.5) is 10.1 Å². The summed E-state index contributed by atoms with van der Waals surface area (Å²) in [4.78, 5) is 13.2. The summed E-state index contributed by atoms with van der Waals surface area (Å²) < 4.78 is 16.9. The predicted octanol–water partition coefficient (Wildman–Crippen LogP) is 5.84. The number of benzene rings is 4. The second kappa shape index (κ2) is 11.0. The van der Waals surface area contributed by atoms with Crippen LogP contribution in [0, 0.1) is 5.82 Å². The Morgan fingerprint density at radius 2 is 1.46 bits per heavy atom. The maximum Gasteiger partial charge on any atom is 0.242 e. The van der Waals surface area contributed by atoms with E-state index in [-0.39, 0.29) is 11.8 Å². The molecule has 0 spiro atoms. The molecule has 5 aromatic rings. The third kappa shape index (κ3) is 5.66. The summed E-state index contributed by atoms with van der Waals surface area (Å²) in [5.74, 6) is -1.18. The van der Waals surface area contributed by atoms with Crippen molar-refractivity contribution in [3.63, 3.8) is 0 Å². The predicted molar refractivity (Wildman–Crippen MR) is 144 cm³/mol. The monoisotopic (exact) mass is 490 g/mol. The number of nitrogens with zero attached hydrogens (tertiary/aromatic N) is 2. The van der Waals surface area contributed by atoms with Crippen molar-refractivity contribution in [1.29, 1.82) is 0 Å². The summed E-state index contributed by atoms with van der Waals surface area (Å²) in [6, 6.07) is 33.1. The van der Waals surface area contributed by atoms with Gasteiger partial charge in [-0.25, -0.2) is 4.39 Å². The molecule has 0 fully saturated rings. The first kappa shape index (κ1) is 24.2. The van der Waals surface area contributed by atoms with Gasteiger partial charge in [-0.15, -0.1) is 0 Å². The van der Waals surface area contributed by atoms with E-state index < -0.39 is 11.9 Å². The maximum atomic E-state index is 15.1. The molecule has 184 valence electrons. The Morgan fingerprint density at radius 3 is 2.05 bits per heavy atom. The lowest BCUT2D eigenvalue weighted by Gasteiger charge is -2.24. The second-order valence-corrected chi connectivity index (χ2v) is 8.92. The molecule has 0 saturated heterocycles. The van der Waals surface area contributed by atoms with Gasteiger partial charge in [-0.3, -0.25) is 9.48 Å². The Kier molecular flexibility index (Phi) is 7.19. The minimum absolute atomic E-state index is 0.345. The molecule has 0 aliphatic heterocycles. The van der Waals surface area contributed by atoms with Crippen LogP contribution in [0.5, 0.6) is 0 Å². The average molecular weight is 491 g/mol. The van der Waals surface area contributed by atoms with Gasteiger partial charge < -0.3 is 11.1 Å². The van der Waals surface area contributed by atoms with Crippen LogP contribution in [0.25, 0.3) is 11.1 Å². The summed E-state index contributed by atoms with van der Waals surface area (Å²) in [6.45, 7) is 0.596. The summed E-state index contributed by atoms with van der Waals surface area (Å²) in [6.07, 6.45) is 3.45. The number of rotatable bonds is 8. The molecule has 1 heterocycles. The standard InChI is InChI=1S/C31H27FN4O/c32-28-18-26(16-17-27(28)25-19-34-36(21-25)20-22-10-4-1-5-11-22)35-31(37)30(33)29(23-12-6-2-7-13-23)24-14-8-3-9-15-24/h1-19,21,29-30H,20,33H2,(H,35,37). The first-order valence-corrected chi connectivity index (χ1v) is 12.1. The topological polar surface area (TPSA) is 72.9 Å². The first-order chi connectivity index (χ1) is 18.1. The van der Waals surface area contributed by atoms with E-state index in [1.807, 2.05) is 97.2 Å². The van der Waals surface area contributed by atoms with E-state index in [1.54, 1.807) is 23.0 Å². The molecule has 1 unspecified atom stereocenters. The Morgan fingerprint density at radius 1 is 0.865 bits per heavy atom. The number of anilines is 1. The zero-order valence-corrected chi connectivity index (χ0v) is 20.2. The minimum Gasteiger partial charge on any atom is -0.325 e. The lowest BCUT2D eigenvalue weighted by atomic mass is 9.85. The molecular weight excluding hydrogens is 463 g/mol. The zero-order chi connectivity index (χ0) is 25.6. The fourth-order valence-corrected chi connectivity index (χ4v) is 4.49. The van der Waals surface area contributed by atoms with Gasteiger partial charge in [0.2, 0.25) is 5.91 Å². The van der Waals surface area contributed by atoms with E-state index in [4.69, 9.17) is 5.73 Å². The van der Waals surface area contributed by atoms with Crippen molar-refractivity contribution < 1.29 is 9.18 Å². The second-order valence-electron chi connectivity index (χ2n) is 8.92. The molecule has 0 saturated carbocycles. The number of aromatic nitrogens is 2. The molecule has 4 aromatic carbocycles. The van der Waals surface area contributed by atoms with E-state index in [1.165, 1.54) is 6.07 Å². The highest BCUT2D eigenvalue weighted by Gasteiger charge is 2.28. The largest absolute Gasteiger partial charge is 0.325 e. The number of nitrogens with two attached hydrogens (primary N) is 1. The van der Waals surface area contributed by atoms with E-state index in [0.717, 1.165) is 16.7 Å². The van der Waals surface area contributed by atoms with Crippen LogP contribution in [0.3, 0.4) is 0 Å². The number of amides is 1. The fraction of sp³-hybridized carbons (Fsp3) is 0.0968. The molecule has 5 nitrogen and oxygen atoms in total. The lowest BCUT2D eigenvalue weighted by Crippen LogP contribution is -2.41. The molecule has 1 atom stereocenters. The Labute approximate surface area is 215 Å².